The van der Waals surface area contributed by atoms with Gasteiger partial charge >= 0.3 is 6.03 Å². The number of anilines is 1. The van der Waals surface area contributed by atoms with Gasteiger partial charge in [0.1, 0.15) is 12.1 Å². The standard InChI is InChI=1S/C21H27N5O3/c1-4-13(2)18-19(27)23-16-9-6-5-8-15(16)12-26(18)21(28)25-11-7-10-17(25)20-22-14(3)24-29-20/h5-6,8-9,13,17-18H,4,7,10-12H2,1-3H3,(H,23,27)/t13-,17?,18-/m0/s1. The Bertz CT molecular complexity index is 911. The number of benzene rings is 1. The van der Waals surface area contributed by atoms with Gasteiger partial charge in [0.15, 0.2) is 5.82 Å². The normalized spacial score (nSPS) is 22.8. The van der Waals surface area contributed by atoms with Crippen LogP contribution in [0.5, 0.6) is 0 Å². The zero-order valence-electron chi connectivity index (χ0n) is 17.1. The van der Waals surface area contributed by atoms with Gasteiger partial charge < -0.3 is 19.6 Å². The summed E-state index contributed by atoms with van der Waals surface area (Å²) in [5.41, 5.74) is 1.70. The van der Waals surface area contributed by atoms with Crippen LogP contribution in [0.3, 0.4) is 0 Å². The van der Waals surface area contributed by atoms with Crippen molar-refractivity contribution in [3.05, 3.63) is 41.5 Å². The Kier molecular flexibility index (Phi) is 5.25. The Hall–Kier alpha value is -2.90. The van der Waals surface area contributed by atoms with Gasteiger partial charge in [-0.1, -0.05) is 43.6 Å². The topological polar surface area (TPSA) is 91.6 Å². The highest BCUT2D eigenvalue weighted by atomic mass is 16.5. The van der Waals surface area contributed by atoms with Crippen molar-refractivity contribution in [3.8, 4) is 0 Å². The van der Waals surface area contributed by atoms with Crippen molar-refractivity contribution in [2.75, 3.05) is 11.9 Å². The minimum Gasteiger partial charge on any atom is -0.337 e. The molecule has 2 aliphatic heterocycles. The number of nitrogens with one attached hydrogen (secondary N) is 1. The zero-order chi connectivity index (χ0) is 20.5. The lowest BCUT2D eigenvalue weighted by Crippen LogP contribution is -2.53. The van der Waals surface area contributed by atoms with Crippen LogP contribution in [0.1, 0.15) is 56.4 Å². The van der Waals surface area contributed by atoms with Gasteiger partial charge in [-0.3, -0.25) is 4.79 Å². The summed E-state index contributed by atoms with van der Waals surface area (Å²) in [5, 5.41) is 6.90. The molecule has 0 spiro atoms. The van der Waals surface area contributed by atoms with E-state index >= 15 is 0 Å². The Morgan fingerprint density at radius 2 is 2.14 bits per heavy atom. The summed E-state index contributed by atoms with van der Waals surface area (Å²) >= 11 is 0. The van der Waals surface area contributed by atoms with E-state index in [4.69, 9.17) is 4.52 Å². The van der Waals surface area contributed by atoms with Crippen LogP contribution in [-0.4, -0.2) is 44.5 Å². The number of amides is 3. The van der Waals surface area contributed by atoms with Crippen molar-refractivity contribution in [3.63, 3.8) is 0 Å². The third-order valence-corrected chi connectivity index (χ3v) is 5.98. The number of likely N-dealkylation sites (tertiary alicyclic amines) is 1. The summed E-state index contributed by atoms with van der Waals surface area (Å²) in [6.45, 7) is 6.82. The monoisotopic (exact) mass is 397 g/mol. The van der Waals surface area contributed by atoms with E-state index in [9.17, 15) is 9.59 Å². The quantitative estimate of drug-likeness (QED) is 0.856. The number of rotatable bonds is 3. The third-order valence-electron chi connectivity index (χ3n) is 5.98. The molecule has 4 rings (SSSR count). The molecule has 0 bridgehead atoms. The summed E-state index contributed by atoms with van der Waals surface area (Å²) in [6.07, 6.45) is 2.44. The second-order valence-corrected chi connectivity index (χ2v) is 7.92. The van der Waals surface area contributed by atoms with Crippen LogP contribution in [-0.2, 0) is 11.3 Å². The number of carbonyl (C=O) groups is 2. The Balaban J connectivity index is 1.69. The molecule has 1 fully saturated rings. The fourth-order valence-electron chi connectivity index (χ4n) is 4.25. The Morgan fingerprint density at radius 1 is 1.34 bits per heavy atom. The van der Waals surface area contributed by atoms with Gasteiger partial charge in [-0.15, -0.1) is 0 Å². The molecule has 1 unspecified atom stereocenters. The molecule has 8 nitrogen and oxygen atoms in total. The fourth-order valence-corrected chi connectivity index (χ4v) is 4.25. The molecule has 154 valence electrons. The van der Waals surface area contributed by atoms with Gasteiger partial charge in [-0.05, 0) is 37.3 Å². The first-order chi connectivity index (χ1) is 14.0. The average molecular weight is 397 g/mol. The van der Waals surface area contributed by atoms with E-state index in [-0.39, 0.29) is 23.9 Å². The predicted molar refractivity (Wildman–Crippen MR) is 107 cm³/mol. The molecule has 0 radical (unpaired) electrons. The first-order valence-corrected chi connectivity index (χ1v) is 10.3. The highest BCUT2D eigenvalue weighted by Gasteiger charge is 2.42. The first kappa shape index (κ1) is 19.4. The maximum absolute atomic E-state index is 13.7. The molecule has 2 aromatic rings. The van der Waals surface area contributed by atoms with E-state index in [1.807, 2.05) is 38.1 Å². The van der Waals surface area contributed by atoms with Crippen molar-refractivity contribution in [1.82, 2.24) is 19.9 Å². The largest absolute Gasteiger partial charge is 0.337 e. The molecular formula is C21H27N5O3. The molecule has 1 aromatic heterocycles. The molecule has 0 saturated carbocycles. The number of aromatic nitrogens is 2. The number of urea groups is 1. The van der Waals surface area contributed by atoms with Crippen LogP contribution in [0.15, 0.2) is 28.8 Å². The number of nitrogens with zero attached hydrogens (tertiary/aromatic N) is 4. The summed E-state index contributed by atoms with van der Waals surface area (Å²) in [6, 6.07) is 6.72. The number of para-hydroxylation sites is 1. The lowest BCUT2D eigenvalue weighted by molar-refractivity contribution is -0.122. The van der Waals surface area contributed by atoms with Gasteiger partial charge in [-0.2, -0.15) is 4.98 Å². The summed E-state index contributed by atoms with van der Waals surface area (Å²) < 4.78 is 5.36. The molecule has 1 aromatic carbocycles. The van der Waals surface area contributed by atoms with Gasteiger partial charge in [0.05, 0.1) is 6.54 Å². The second-order valence-electron chi connectivity index (χ2n) is 7.92. The van der Waals surface area contributed by atoms with E-state index < -0.39 is 6.04 Å². The maximum atomic E-state index is 13.7. The van der Waals surface area contributed by atoms with Crippen molar-refractivity contribution in [2.45, 2.75) is 58.7 Å². The van der Waals surface area contributed by atoms with E-state index in [2.05, 4.69) is 15.5 Å². The minimum absolute atomic E-state index is 0.0277. The zero-order valence-corrected chi connectivity index (χ0v) is 17.1. The van der Waals surface area contributed by atoms with Crippen molar-refractivity contribution in [2.24, 2.45) is 5.92 Å². The first-order valence-electron chi connectivity index (χ1n) is 10.3. The Morgan fingerprint density at radius 3 is 2.86 bits per heavy atom. The highest BCUT2D eigenvalue weighted by molar-refractivity contribution is 5.98. The molecule has 1 N–H and O–H groups in total. The minimum atomic E-state index is -0.537. The van der Waals surface area contributed by atoms with Crippen molar-refractivity contribution >= 4 is 17.6 Å². The van der Waals surface area contributed by atoms with Gasteiger partial charge in [-0.25, -0.2) is 4.79 Å². The van der Waals surface area contributed by atoms with E-state index in [1.54, 1.807) is 16.7 Å². The third kappa shape index (κ3) is 3.59. The second kappa shape index (κ2) is 7.85. The fraction of sp³-hybridized carbons (Fsp3) is 0.524. The van der Waals surface area contributed by atoms with Gasteiger partial charge in [0.2, 0.25) is 11.8 Å². The smallest absolute Gasteiger partial charge is 0.321 e. The van der Waals surface area contributed by atoms with E-state index in [0.29, 0.717) is 24.8 Å². The van der Waals surface area contributed by atoms with Crippen molar-refractivity contribution in [1.29, 1.82) is 0 Å². The predicted octanol–water partition coefficient (Wildman–Crippen LogP) is 3.50. The lowest BCUT2D eigenvalue weighted by Gasteiger charge is -2.36. The number of hydrogen-bond acceptors (Lipinski definition) is 5. The summed E-state index contributed by atoms with van der Waals surface area (Å²) in [5.74, 6) is 0.912. The van der Waals surface area contributed by atoms with Gasteiger partial charge in [0.25, 0.3) is 0 Å². The van der Waals surface area contributed by atoms with Crippen LogP contribution in [0.2, 0.25) is 0 Å². The number of fused-ring (bicyclic) bond motifs is 1. The maximum Gasteiger partial charge on any atom is 0.321 e. The molecule has 1 saturated heterocycles. The molecular weight excluding hydrogens is 370 g/mol. The molecule has 3 amide bonds. The molecule has 3 heterocycles. The number of aryl methyl sites for hydroxylation is 1. The summed E-state index contributed by atoms with van der Waals surface area (Å²) in [4.78, 5) is 34.7. The summed E-state index contributed by atoms with van der Waals surface area (Å²) in [7, 11) is 0. The van der Waals surface area contributed by atoms with Crippen LogP contribution in [0, 0.1) is 12.8 Å². The van der Waals surface area contributed by atoms with Crippen LogP contribution < -0.4 is 5.32 Å². The van der Waals surface area contributed by atoms with Crippen LogP contribution >= 0.6 is 0 Å². The van der Waals surface area contributed by atoms with E-state index in [1.165, 1.54) is 0 Å². The molecule has 3 atom stereocenters. The average Bonchev–Trinajstić information content (AvgIpc) is 3.33. The van der Waals surface area contributed by atoms with E-state index in [0.717, 1.165) is 30.5 Å². The van der Waals surface area contributed by atoms with Crippen molar-refractivity contribution < 1.29 is 14.1 Å². The van der Waals surface area contributed by atoms with Crippen LogP contribution in [0.4, 0.5) is 10.5 Å². The Labute approximate surface area is 170 Å². The molecule has 0 aliphatic carbocycles. The molecule has 29 heavy (non-hydrogen) atoms. The SMILES string of the molecule is CC[C@H](C)[C@H]1C(=O)Nc2ccccc2CN1C(=O)N1CCCC1c1nc(C)no1. The highest BCUT2D eigenvalue weighted by Crippen LogP contribution is 2.34. The molecule has 8 heteroatoms. The van der Waals surface area contributed by atoms with Gasteiger partial charge in [0, 0.05) is 12.2 Å². The number of hydrogen-bond donors (Lipinski definition) is 1. The molecule has 2 aliphatic rings. The number of carbonyl (C=O) groups excluding carboxylic acids is 2. The lowest BCUT2D eigenvalue weighted by atomic mass is 9.97. The van der Waals surface area contributed by atoms with Crippen LogP contribution in [0.25, 0.3) is 0 Å².